The maximum Gasteiger partial charge on any atom is 0.107 e. The highest BCUT2D eigenvalue weighted by molar-refractivity contribution is 7.09. The summed E-state index contributed by atoms with van der Waals surface area (Å²) in [7, 11) is 0. The molecule has 1 saturated heterocycles. The molecule has 1 fully saturated rings. The number of nitrogens with zero attached hydrogens (tertiary/aromatic N) is 2. The third kappa shape index (κ3) is 3.80. The maximum atomic E-state index is 4.85. The van der Waals surface area contributed by atoms with Crippen molar-refractivity contribution in [3.63, 3.8) is 0 Å². The van der Waals surface area contributed by atoms with Crippen LogP contribution in [-0.4, -0.2) is 35.1 Å². The van der Waals surface area contributed by atoms with Gasteiger partial charge in [-0.2, -0.15) is 0 Å². The van der Waals surface area contributed by atoms with Crippen molar-refractivity contribution in [2.24, 2.45) is 0 Å². The molecule has 1 aliphatic heterocycles. The zero-order valence-electron chi connectivity index (χ0n) is 13.6. The number of hydrogen-bond acceptors (Lipinski definition) is 4. The zero-order valence-corrected chi connectivity index (χ0v) is 14.4. The molecule has 3 nitrogen and oxygen atoms in total. The maximum absolute atomic E-state index is 4.85. The van der Waals surface area contributed by atoms with Crippen LogP contribution in [0.5, 0.6) is 0 Å². The smallest absolute Gasteiger partial charge is 0.107 e. The van der Waals surface area contributed by atoms with E-state index in [1.165, 1.54) is 23.5 Å². The Morgan fingerprint density at radius 1 is 1.35 bits per heavy atom. The van der Waals surface area contributed by atoms with Gasteiger partial charge in [-0.3, -0.25) is 4.90 Å². The quantitative estimate of drug-likeness (QED) is 0.923. The third-order valence-electron chi connectivity index (χ3n) is 4.24. The van der Waals surface area contributed by atoms with Crippen LogP contribution in [-0.2, 0) is 12.0 Å². The van der Waals surface area contributed by atoms with Crippen molar-refractivity contribution in [2.45, 2.75) is 71.5 Å². The van der Waals surface area contributed by atoms with Gasteiger partial charge >= 0.3 is 0 Å². The Morgan fingerprint density at radius 2 is 2.10 bits per heavy atom. The standard InChI is InChI=1S/C16H29N3S/c1-6-12-9-19(13(7-2)8-17-12)10-15-18-14(11-20-15)16(3,4)5/h11-13,17H,6-10H2,1-5H3. The molecule has 114 valence electrons. The van der Waals surface area contributed by atoms with Crippen molar-refractivity contribution in [1.29, 1.82) is 0 Å². The van der Waals surface area contributed by atoms with Gasteiger partial charge in [0.15, 0.2) is 0 Å². The fourth-order valence-corrected chi connectivity index (χ4v) is 3.75. The van der Waals surface area contributed by atoms with Gasteiger partial charge in [-0.1, -0.05) is 34.6 Å². The first kappa shape index (κ1) is 15.9. The van der Waals surface area contributed by atoms with Crippen LogP contribution in [0.3, 0.4) is 0 Å². The predicted molar refractivity (Wildman–Crippen MR) is 87.4 cm³/mol. The Bertz CT molecular complexity index is 422. The molecule has 4 heteroatoms. The SMILES string of the molecule is CCC1CN(Cc2nc(C(C)(C)C)cs2)C(CC)CN1. The van der Waals surface area contributed by atoms with Crippen LogP contribution in [0.2, 0.25) is 0 Å². The topological polar surface area (TPSA) is 28.2 Å². The summed E-state index contributed by atoms with van der Waals surface area (Å²) < 4.78 is 0. The van der Waals surface area contributed by atoms with Gasteiger partial charge in [0.2, 0.25) is 0 Å². The number of piperazine rings is 1. The Kier molecular flexibility index (Phi) is 5.21. The summed E-state index contributed by atoms with van der Waals surface area (Å²) >= 11 is 1.82. The van der Waals surface area contributed by atoms with Crippen molar-refractivity contribution in [1.82, 2.24) is 15.2 Å². The minimum absolute atomic E-state index is 0.161. The lowest BCUT2D eigenvalue weighted by atomic mass is 9.93. The Morgan fingerprint density at radius 3 is 2.65 bits per heavy atom. The van der Waals surface area contributed by atoms with Crippen LogP contribution in [0.4, 0.5) is 0 Å². The van der Waals surface area contributed by atoms with Gasteiger partial charge in [0, 0.05) is 36.0 Å². The summed E-state index contributed by atoms with van der Waals surface area (Å²) in [6, 6.07) is 1.29. The molecular formula is C16H29N3S. The lowest BCUT2D eigenvalue weighted by molar-refractivity contribution is 0.117. The molecule has 2 atom stereocenters. The summed E-state index contributed by atoms with van der Waals surface area (Å²) in [6.45, 7) is 14.5. The van der Waals surface area contributed by atoms with Crippen molar-refractivity contribution in [3.05, 3.63) is 16.1 Å². The molecule has 0 aliphatic carbocycles. The molecule has 2 rings (SSSR count). The number of hydrogen-bond donors (Lipinski definition) is 1. The first-order valence-corrected chi connectivity index (χ1v) is 8.74. The molecular weight excluding hydrogens is 266 g/mol. The molecule has 20 heavy (non-hydrogen) atoms. The molecule has 1 aliphatic rings. The number of rotatable bonds is 4. The van der Waals surface area contributed by atoms with E-state index in [9.17, 15) is 0 Å². The molecule has 1 N–H and O–H groups in total. The van der Waals surface area contributed by atoms with Crippen molar-refractivity contribution >= 4 is 11.3 Å². The fourth-order valence-electron chi connectivity index (χ4n) is 2.70. The second-order valence-electron chi connectivity index (χ2n) is 6.88. The molecule has 0 spiro atoms. The van der Waals surface area contributed by atoms with Gasteiger partial charge in [0.25, 0.3) is 0 Å². The van der Waals surface area contributed by atoms with Crippen molar-refractivity contribution in [2.75, 3.05) is 13.1 Å². The van der Waals surface area contributed by atoms with Gasteiger partial charge in [-0.05, 0) is 12.8 Å². The van der Waals surface area contributed by atoms with E-state index in [1.54, 1.807) is 0 Å². The molecule has 2 unspecified atom stereocenters. The van der Waals surface area contributed by atoms with Gasteiger partial charge < -0.3 is 5.32 Å². The number of aromatic nitrogens is 1. The minimum atomic E-state index is 0.161. The van der Waals surface area contributed by atoms with Crippen molar-refractivity contribution < 1.29 is 0 Å². The first-order chi connectivity index (χ1) is 9.44. The minimum Gasteiger partial charge on any atom is -0.311 e. The Balaban J connectivity index is 2.04. The second kappa shape index (κ2) is 6.54. The average molecular weight is 295 g/mol. The van der Waals surface area contributed by atoms with E-state index in [1.807, 2.05) is 11.3 Å². The average Bonchev–Trinajstić information content (AvgIpc) is 2.87. The summed E-state index contributed by atoms with van der Waals surface area (Å²) in [5.41, 5.74) is 1.39. The van der Waals surface area contributed by atoms with Gasteiger partial charge in [-0.25, -0.2) is 4.98 Å². The van der Waals surface area contributed by atoms with E-state index in [2.05, 4.69) is 50.2 Å². The lowest BCUT2D eigenvalue weighted by Gasteiger charge is -2.39. The molecule has 1 aromatic heterocycles. The third-order valence-corrected chi connectivity index (χ3v) is 5.07. The molecule has 2 heterocycles. The van der Waals surface area contributed by atoms with E-state index in [0.29, 0.717) is 12.1 Å². The van der Waals surface area contributed by atoms with E-state index in [-0.39, 0.29) is 5.41 Å². The number of thiazole rings is 1. The summed E-state index contributed by atoms with van der Waals surface area (Å²) in [5, 5.41) is 7.16. The molecule has 0 radical (unpaired) electrons. The summed E-state index contributed by atoms with van der Waals surface area (Å²) in [5.74, 6) is 0. The molecule has 0 aromatic carbocycles. The Labute approximate surface area is 127 Å². The Hall–Kier alpha value is -0.450. The van der Waals surface area contributed by atoms with E-state index in [0.717, 1.165) is 19.6 Å². The second-order valence-corrected chi connectivity index (χ2v) is 7.82. The first-order valence-electron chi connectivity index (χ1n) is 7.86. The molecule has 0 amide bonds. The van der Waals surface area contributed by atoms with Crippen LogP contribution in [0.25, 0.3) is 0 Å². The normalized spacial score (nSPS) is 25.1. The van der Waals surface area contributed by atoms with Crippen LogP contribution in [0.1, 0.15) is 58.2 Å². The van der Waals surface area contributed by atoms with E-state index < -0.39 is 0 Å². The van der Waals surface area contributed by atoms with Gasteiger partial charge in [-0.15, -0.1) is 11.3 Å². The highest BCUT2D eigenvalue weighted by Gasteiger charge is 2.27. The van der Waals surface area contributed by atoms with Crippen LogP contribution >= 0.6 is 11.3 Å². The zero-order chi connectivity index (χ0) is 14.8. The van der Waals surface area contributed by atoms with E-state index in [4.69, 9.17) is 4.98 Å². The molecule has 0 saturated carbocycles. The largest absolute Gasteiger partial charge is 0.311 e. The van der Waals surface area contributed by atoms with E-state index >= 15 is 0 Å². The molecule has 1 aromatic rings. The predicted octanol–water partition coefficient (Wildman–Crippen LogP) is 3.40. The highest BCUT2D eigenvalue weighted by atomic mass is 32.1. The summed E-state index contributed by atoms with van der Waals surface area (Å²) in [4.78, 5) is 7.47. The lowest BCUT2D eigenvalue weighted by Crippen LogP contribution is -2.55. The van der Waals surface area contributed by atoms with Crippen LogP contribution in [0, 0.1) is 0 Å². The van der Waals surface area contributed by atoms with Crippen molar-refractivity contribution in [3.8, 4) is 0 Å². The van der Waals surface area contributed by atoms with Gasteiger partial charge in [0.1, 0.15) is 5.01 Å². The summed E-state index contributed by atoms with van der Waals surface area (Å²) in [6.07, 6.45) is 2.42. The van der Waals surface area contributed by atoms with Crippen LogP contribution in [0.15, 0.2) is 5.38 Å². The van der Waals surface area contributed by atoms with Crippen LogP contribution < -0.4 is 5.32 Å². The highest BCUT2D eigenvalue weighted by Crippen LogP contribution is 2.25. The van der Waals surface area contributed by atoms with Gasteiger partial charge in [0.05, 0.1) is 12.2 Å². The monoisotopic (exact) mass is 295 g/mol. The number of nitrogens with one attached hydrogen (secondary N) is 1. The fraction of sp³-hybridized carbons (Fsp3) is 0.812. The molecule has 0 bridgehead atoms.